The molecule has 3 rings (SSSR count). The highest BCUT2D eigenvalue weighted by molar-refractivity contribution is 7.89. The van der Waals surface area contributed by atoms with Crippen LogP contribution in [0.4, 0.5) is 0 Å². The normalized spacial score (nSPS) is 29.2. The molecule has 7 heteroatoms. The topological polar surface area (TPSA) is 75.3 Å². The number of sulfonamides is 1. The Morgan fingerprint density at radius 3 is 2.91 bits per heavy atom. The molecule has 0 radical (unpaired) electrons. The monoisotopic (exact) mass is 327 g/mol. The number of ether oxygens (including phenoxy) is 1. The first-order valence-electron chi connectivity index (χ1n) is 7.86. The van der Waals surface area contributed by atoms with E-state index in [0.717, 1.165) is 30.5 Å². The van der Waals surface area contributed by atoms with Crippen molar-refractivity contribution >= 4 is 10.0 Å². The summed E-state index contributed by atoms with van der Waals surface area (Å²) in [7, 11) is -1.76. The van der Waals surface area contributed by atoms with E-state index in [-0.39, 0.29) is 11.5 Å². The Kier molecular flexibility index (Phi) is 4.07. The first kappa shape index (κ1) is 16.0. The average Bonchev–Trinajstić information content (AvgIpc) is 3.04. The van der Waals surface area contributed by atoms with Crippen LogP contribution in [0.3, 0.4) is 0 Å². The molecule has 1 aliphatic heterocycles. The Labute approximate surface area is 132 Å². The Hall–Kier alpha value is -0.920. The van der Waals surface area contributed by atoms with Crippen molar-refractivity contribution < 1.29 is 13.2 Å². The van der Waals surface area contributed by atoms with E-state index in [9.17, 15) is 8.42 Å². The maximum atomic E-state index is 13.1. The van der Waals surface area contributed by atoms with Gasteiger partial charge < -0.3 is 4.74 Å². The van der Waals surface area contributed by atoms with Crippen molar-refractivity contribution in [1.82, 2.24) is 14.5 Å². The van der Waals surface area contributed by atoms with E-state index in [0.29, 0.717) is 19.5 Å². The van der Waals surface area contributed by atoms with Crippen LogP contribution in [0.5, 0.6) is 0 Å². The zero-order valence-corrected chi connectivity index (χ0v) is 14.3. The summed E-state index contributed by atoms with van der Waals surface area (Å²) in [5.74, 6) is 0. The van der Waals surface area contributed by atoms with Gasteiger partial charge in [-0.15, -0.1) is 0 Å². The van der Waals surface area contributed by atoms with Crippen molar-refractivity contribution in [3.63, 3.8) is 0 Å². The van der Waals surface area contributed by atoms with E-state index in [1.54, 1.807) is 17.6 Å². The van der Waals surface area contributed by atoms with Gasteiger partial charge in [-0.05, 0) is 31.1 Å². The van der Waals surface area contributed by atoms with Crippen LogP contribution >= 0.6 is 0 Å². The Morgan fingerprint density at radius 1 is 1.41 bits per heavy atom. The molecule has 22 heavy (non-hydrogen) atoms. The summed E-state index contributed by atoms with van der Waals surface area (Å²) >= 11 is 0. The Balaban J connectivity index is 1.93. The minimum atomic E-state index is -3.37. The lowest BCUT2D eigenvalue weighted by atomic mass is 9.88. The lowest BCUT2D eigenvalue weighted by molar-refractivity contribution is 0.109. The van der Waals surface area contributed by atoms with E-state index in [1.165, 1.54) is 0 Å². The molecule has 124 valence electrons. The van der Waals surface area contributed by atoms with Crippen molar-refractivity contribution in [1.29, 1.82) is 0 Å². The van der Waals surface area contributed by atoms with Gasteiger partial charge in [0.1, 0.15) is 5.25 Å². The molecule has 0 amide bonds. The van der Waals surface area contributed by atoms with Gasteiger partial charge in [-0.1, -0.05) is 13.8 Å². The molecule has 2 unspecified atom stereocenters. The summed E-state index contributed by atoms with van der Waals surface area (Å²) < 4.78 is 33.4. The van der Waals surface area contributed by atoms with Crippen molar-refractivity contribution in [2.45, 2.75) is 57.4 Å². The predicted octanol–water partition coefficient (Wildman–Crippen LogP) is 1.69. The van der Waals surface area contributed by atoms with Crippen LogP contribution in [0.25, 0.3) is 0 Å². The Bertz CT molecular complexity index is 638. The summed E-state index contributed by atoms with van der Waals surface area (Å²) in [4.78, 5) is 0. The van der Waals surface area contributed by atoms with E-state index in [1.807, 2.05) is 0 Å². The third-order valence-corrected chi connectivity index (χ3v) is 7.13. The zero-order chi connectivity index (χ0) is 16.0. The van der Waals surface area contributed by atoms with Crippen LogP contribution in [-0.4, -0.2) is 47.9 Å². The summed E-state index contributed by atoms with van der Waals surface area (Å²) in [6.45, 7) is 5.15. The highest BCUT2D eigenvalue weighted by Crippen LogP contribution is 2.35. The number of H-pyrrole nitrogens is 1. The molecule has 0 saturated heterocycles. The summed E-state index contributed by atoms with van der Waals surface area (Å²) in [6, 6.07) is 0. The fraction of sp³-hybridized carbons (Fsp3) is 0.800. The number of rotatable bonds is 3. The fourth-order valence-corrected chi connectivity index (χ4v) is 6.09. The third kappa shape index (κ3) is 2.81. The van der Waals surface area contributed by atoms with Gasteiger partial charge in [-0.3, -0.25) is 5.10 Å². The first-order valence-corrected chi connectivity index (χ1v) is 9.37. The van der Waals surface area contributed by atoms with Gasteiger partial charge >= 0.3 is 0 Å². The number of aromatic nitrogens is 2. The molecule has 1 aliphatic carbocycles. The van der Waals surface area contributed by atoms with E-state index < -0.39 is 15.3 Å². The number of nitrogens with one attached hydrogen (secondary N) is 1. The molecule has 1 saturated carbocycles. The van der Waals surface area contributed by atoms with Crippen molar-refractivity contribution in [2.75, 3.05) is 13.7 Å². The minimum absolute atomic E-state index is 0.119. The smallest absolute Gasteiger partial charge is 0.219 e. The number of fused-ring (bicyclic) bond motifs is 1. The molecule has 0 bridgehead atoms. The third-order valence-electron chi connectivity index (χ3n) is 4.85. The maximum Gasteiger partial charge on any atom is 0.219 e. The van der Waals surface area contributed by atoms with Crippen LogP contribution in [0.2, 0.25) is 0 Å². The van der Waals surface area contributed by atoms with Crippen molar-refractivity contribution in [3.05, 3.63) is 17.5 Å². The van der Waals surface area contributed by atoms with Crippen LogP contribution < -0.4 is 0 Å². The summed E-state index contributed by atoms with van der Waals surface area (Å²) in [6.07, 6.45) is 4.82. The number of methoxy groups -OCH3 is 1. The molecule has 2 aliphatic rings. The van der Waals surface area contributed by atoms with Gasteiger partial charge in [-0.25, -0.2) is 8.42 Å². The van der Waals surface area contributed by atoms with Crippen LogP contribution in [0.15, 0.2) is 6.20 Å². The van der Waals surface area contributed by atoms with Gasteiger partial charge in [0.05, 0.1) is 12.3 Å². The molecular weight excluding hydrogens is 302 g/mol. The van der Waals surface area contributed by atoms with Crippen molar-refractivity contribution in [3.8, 4) is 0 Å². The maximum absolute atomic E-state index is 13.1. The zero-order valence-electron chi connectivity index (χ0n) is 13.5. The Morgan fingerprint density at radius 2 is 2.18 bits per heavy atom. The molecule has 1 aromatic rings. The first-order chi connectivity index (χ1) is 10.3. The lowest BCUT2D eigenvalue weighted by Crippen LogP contribution is -2.45. The van der Waals surface area contributed by atoms with E-state index in [2.05, 4.69) is 24.0 Å². The van der Waals surface area contributed by atoms with Gasteiger partial charge in [0, 0.05) is 31.5 Å². The molecule has 6 nitrogen and oxygen atoms in total. The van der Waals surface area contributed by atoms with Gasteiger partial charge in [0.25, 0.3) is 0 Å². The van der Waals surface area contributed by atoms with Crippen LogP contribution in [-0.2, 0) is 27.7 Å². The second kappa shape index (κ2) is 5.62. The molecule has 2 heterocycles. The fourth-order valence-electron chi connectivity index (χ4n) is 3.76. The highest BCUT2D eigenvalue weighted by atomic mass is 32.2. The minimum Gasteiger partial charge on any atom is -0.380 e. The molecule has 1 aromatic heterocycles. The second-order valence-electron chi connectivity index (χ2n) is 7.27. The van der Waals surface area contributed by atoms with Crippen LogP contribution in [0.1, 0.15) is 44.4 Å². The average molecular weight is 327 g/mol. The van der Waals surface area contributed by atoms with Gasteiger partial charge in [0.15, 0.2) is 0 Å². The molecule has 0 spiro atoms. The van der Waals surface area contributed by atoms with Crippen molar-refractivity contribution in [2.24, 2.45) is 5.41 Å². The molecule has 1 fully saturated rings. The standard InChI is InChI=1S/C15H25N3O3S/c1-15(2)7-12-11(8-16-17-12)9-18(10-15)22(19,20)14-6-4-5-13(14)21-3/h8,13-14H,4-7,9-10H2,1-3H3,(H,16,17). The number of hydrogen-bond acceptors (Lipinski definition) is 4. The van der Waals surface area contributed by atoms with Gasteiger partial charge in [0.2, 0.25) is 10.0 Å². The lowest BCUT2D eigenvalue weighted by Gasteiger charge is -2.32. The second-order valence-corrected chi connectivity index (χ2v) is 9.42. The molecule has 2 atom stereocenters. The SMILES string of the molecule is COC1CCCC1S(=O)(=O)N1Cc2cn[nH]c2CC(C)(C)C1. The van der Waals surface area contributed by atoms with Gasteiger partial charge in [-0.2, -0.15) is 9.40 Å². The summed E-state index contributed by atoms with van der Waals surface area (Å²) in [5.41, 5.74) is 1.92. The number of nitrogens with zero attached hydrogens (tertiary/aromatic N) is 2. The largest absolute Gasteiger partial charge is 0.380 e. The number of aromatic amines is 1. The van der Waals surface area contributed by atoms with Crippen LogP contribution in [0, 0.1) is 5.41 Å². The molecule has 0 aromatic carbocycles. The predicted molar refractivity (Wildman–Crippen MR) is 83.8 cm³/mol. The number of hydrogen-bond donors (Lipinski definition) is 1. The molecule has 1 N–H and O–H groups in total. The quantitative estimate of drug-likeness (QED) is 0.917. The highest BCUT2D eigenvalue weighted by Gasteiger charge is 2.43. The van der Waals surface area contributed by atoms with E-state index >= 15 is 0 Å². The van der Waals surface area contributed by atoms with E-state index in [4.69, 9.17) is 4.74 Å². The molecular formula is C15H25N3O3S. The summed E-state index contributed by atoms with van der Waals surface area (Å²) in [5, 5.41) is 6.69.